The monoisotopic (exact) mass is 411 g/mol. The highest BCUT2D eigenvalue weighted by molar-refractivity contribution is 6.30. The van der Waals surface area contributed by atoms with Gasteiger partial charge in [-0.2, -0.15) is 4.68 Å². The standard InChI is InChI=1S/C19H14ClN5O4/c1-29-18(28)15-14(17(27)10-5-7-12(20)8-6-10)16(11-3-2-4-13(26)9-11)25-19(21-15)22-23-24-25/h2-9,16,26H,1H3,(H,21,22,24)/t16-/m0/s1. The van der Waals surface area contributed by atoms with Crippen molar-refractivity contribution < 1.29 is 19.4 Å². The summed E-state index contributed by atoms with van der Waals surface area (Å²) in [6.45, 7) is 0. The largest absolute Gasteiger partial charge is 0.508 e. The first kappa shape index (κ1) is 18.6. The lowest BCUT2D eigenvalue weighted by Gasteiger charge is -2.28. The maximum Gasteiger partial charge on any atom is 0.355 e. The summed E-state index contributed by atoms with van der Waals surface area (Å²) in [7, 11) is 1.21. The Morgan fingerprint density at radius 3 is 2.66 bits per heavy atom. The number of benzene rings is 2. The molecule has 0 saturated heterocycles. The number of allylic oxidation sites excluding steroid dienone is 1. The minimum absolute atomic E-state index is 0.00596. The van der Waals surface area contributed by atoms with Gasteiger partial charge in [0.2, 0.25) is 5.95 Å². The molecule has 0 amide bonds. The maximum atomic E-state index is 13.4. The molecule has 1 aliphatic rings. The third-order valence-electron chi connectivity index (χ3n) is 4.44. The van der Waals surface area contributed by atoms with Crippen LogP contribution in [0.4, 0.5) is 5.95 Å². The zero-order chi connectivity index (χ0) is 20.5. The van der Waals surface area contributed by atoms with E-state index in [0.717, 1.165) is 0 Å². The highest BCUT2D eigenvalue weighted by atomic mass is 35.5. The molecule has 0 fully saturated rings. The van der Waals surface area contributed by atoms with Crippen LogP contribution in [0, 0.1) is 0 Å². The van der Waals surface area contributed by atoms with Gasteiger partial charge in [-0.15, -0.1) is 0 Å². The number of nitrogens with zero attached hydrogens (tertiary/aromatic N) is 4. The molecule has 9 nitrogen and oxygen atoms in total. The minimum Gasteiger partial charge on any atom is -0.508 e. The molecule has 10 heteroatoms. The number of rotatable bonds is 4. The molecule has 2 N–H and O–H groups in total. The van der Waals surface area contributed by atoms with Crippen LogP contribution in [-0.4, -0.2) is 44.2 Å². The molecule has 0 bridgehead atoms. The van der Waals surface area contributed by atoms with Gasteiger partial charge in [0.05, 0.1) is 12.7 Å². The lowest BCUT2D eigenvalue weighted by Crippen LogP contribution is -2.32. The van der Waals surface area contributed by atoms with Gasteiger partial charge in [-0.1, -0.05) is 28.8 Å². The second-order valence-corrected chi connectivity index (χ2v) is 6.62. The van der Waals surface area contributed by atoms with Gasteiger partial charge in [0, 0.05) is 10.6 Å². The molecule has 146 valence electrons. The Kier molecular flexibility index (Phi) is 4.73. The van der Waals surface area contributed by atoms with Crippen LogP contribution in [0.3, 0.4) is 0 Å². The van der Waals surface area contributed by atoms with Gasteiger partial charge in [0.25, 0.3) is 0 Å². The summed E-state index contributed by atoms with van der Waals surface area (Å²) in [6, 6.07) is 11.7. The van der Waals surface area contributed by atoms with E-state index in [-0.39, 0.29) is 23.0 Å². The Labute approximate surface area is 169 Å². The highest BCUT2D eigenvalue weighted by Crippen LogP contribution is 2.37. The molecule has 0 radical (unpaired) electrons. The van der Waals surface area contributed by atoms with Crippen molar-refractivity contribution in [1.82, 2.24) is 20.2 Å². The topological polar surface area (TPSA) is 119 Å². The zero-order valence-corrected chi connectivity index (χ0v) is 15.8. The number of phenolic OH excluding ortho intramolecular Hbond substituents is 1. The van der Waals surface area contributed by atoms with E-state index in [4.69, 9.17) is 16.3 Å². The van der Waals surface area contributed by atoms with Crippen LogP contribution in [0.5, 0.6) is 5.75 Å². The van der Waals surface area contributed by atoms with Gasteiger partial charge < -0.3 is 15.2 Å². The lowest BCUT2D eigenvalue weighted by atomic mass is 9.89. The predicted octanol–water partition coefficient (Wildman–Crippen LogP) is 2.36. The van der Waals surface area contributed by atoms with E-state index in [0.29, 0.717) is 16.1 Å². The Bertz CT molecular complexity index is 1140. The van der Waals surface area contributed by atoms with E-state index in [2.05, 4.69) is 20.8 Å². The number of Topliss-reactive ketones (excluding diaryl/α,β-unsaturated/α-hetero) is 1. The van der Waals surface area contributed by atoms with Crippen molar-refractivity contribution in [3.63, 3.8) is 0 Å². The number of carbonyl (C=O) groups excluding carboxylic acids is 2. The minimum atomic E-state index is -0.870. The normalized spacial score (nSPS) is 15.4. The Morgan fingerprint density at radius 1 is 1.21 bits per heavy atom. The van der Waals surface area contributed by atoms with Gasteiger partial charge >= 0.3 is 5.97 Å². The third-order valence-corrected chi connectivity index (χ3v) is 4.70. The number of ketones is 1. The fourth-order valence-corrected chi connectivity index (χ4v) is 3.27. The van der Waals surface area contributed by atoms with Crippen molar-refractivity contribution in [3.05, 3.63) is 76.0 Å². The van der Waals surface area contributed by atoms with Gasteiger partial charge in [-0.25, -0.2) is 4.79 Å². The molecule has 0 spiro atoms. The van der Waals surface area contributed by atoms with Crippen molar-refractivity contribution in [1.29, 1.82) is 0 Å². The summed E-state index contributed by atoms with van der Waals surface area (Å²) < 4.78 is 6.23. The van der Waals surface area contributed by atoms with Crippen molar-refractivity contribution >= 4 is 29.3 Å². The van der Waals surface area contributed by atoms with Crippen LogP contribution in [0.2, 0.25) is 5.02 Å². The number of phenols is 1. The van der Waals surface area contributed by atoms with E-state index in [1.54, 1.807) is 36.4 Å². The number of hydrogen-bond acceptors (Lipinski definition) is 8. The highest BCUT2D eigenvalue weighted by Gasteiger charge is 2.38. The fraction of sp³-hybridized carbons (Fsp3) is 0.105. The second-order valence-electron chi connectivity index (χ2n) is 6.19. The molecular weight excluding hydrogens is 398 g/mol. The van der Waals surface area contributed by atoms with E-state index in [1.165, 1.54) is 23.9 Å². The number of aromatic hydroxyl groups is 1. The van der Waals surface area contributed by atoms with E-state index < -0.39 is 17.8 Å². The number of fused-ring (bicyclic) bond motifs is 1. The number of tetrazole rings is 1. The fourth-order valence-electron chi connectivity index (χ4n) is 3.15. The van der Waals surface area contributed by atoms with E-state index >= 15 is 0 Å². The van der Waals surface area contributed by atoms with Crippen molar-refractivity contribution in [2.75, 3.05) is 12.4 Å². The number of halogens is 1. The molecular formula is C19H14ClN5O4. The molecule has 1 aliphatic heterocycles. The van der Waals surface area contributed by atoms with Crippen LogP contribution in [0.25, 0.3) is 0 Å². The van der Waals surface area contributed by atoms with Crippen LogP contribution < -0.4 is 5.32 Å². The number of carbonyl (C=O) groups is 2. The number of aromatic nitrogens is 4. The van der Waals surface area contributed by atoms with Crippen molar-refractivity contribution in [2.24, 2.45) is 0 Å². The Balaban J connectivity index is 1.95. The number of ether oxygens (including phenoxy) is 1. The Hall–Kier alpha value is -3.72. The molecule has 4 rings (SSSR count). The van der Waals surface area contributed by atoms with E-state index in [9.17, 15) is 14.7 Å². The molecule has 29 heavy (non-hydrogen) atoms. The molecule has 1 aromatic heterocycles. The quantitative estimate of drug-likeness (QED) is 0.496. The maximum absolute atomic E-state index is 13.4. The smallest absolute Gasteiger partial charge is 0.355 e. The summed E-state index contributed by atoms with van der Waals surface area (Å²) in [5.41, 5.74) is 0.820. The summed E-state index contributed by atoms with van der Waals surface area (Å²) in [5.74, 6) is -1.04. The summed E-state index contributed by atoms with van der Waals surface area (Å²) >= 11 is 5.93. The summed E-state index contributed by atoms with van der Waals surface area (Å²) in [6.07, 6.45) is 0. The van der Waals surface area contributed by atoms with Crippen LogP contribution in [0.15, 0.2) is 59.8 Å². The third kappa shape index (κ3) is 3.32. The van der Waals surface area contributed by atoms with Crippen molar-refractivity contribution in [3.8, 4) is 5.75 Å². The number of anilines is 1. The number of methoxy groups -OCH3 is 1. The van der Waals surface area contributed by atoms with Crippen LogP contribution >= 0.6 is 11.6 Å². The SMILES string of the molecule is COC(=O)C1=C(C(=O)c2ccc(Cl)cc2)[C@H](c2cccc(O)c2)n2nnnc2N1. The number of esters is 1. The molecule has 0 saturated carbocycles. The summed E-state index contributed by atoms with van der Waals surface area (Å²) in [4.78, 5) is 25.9. The first-order valence-corrected chi connectivity index (χ1v) is 8.84. The average Bonchev–Trinajstić information content (AvgIpc) is 3.20. The van der Waals surface area contributed by atoms with Crippen molar-refractivity contribution in [2.45, 2.75) is 6.04 Å². The van der Waals surface area contributed by atoms with Gasteiger partial charge in [-0.3, -0.25) is 4.79 Å². The molecule has 1 atom stereocenters. The lowest BCUT2D eigenvalue weighted by molar-refractivity contribution is -0.136. The van der Waals surface area contributed by atoms with Crippen LogP contribution in [-0.2, 0) is 9.53 Å². The molecule has 3 aromatic rings. The molecule has 0 aliphatic carbocycles. The molecule has 0 unspecified atom stereocenters. The predicted molar refractivity (Wildman–Crippen MR) is 103 cm³/mol. The molecule has 2 heterocycles. The Morgan fingerprint density at radius 2 is 1.97 bits per heavy atom. The average molecular weight is 412 g/mol. The van der Waals surface area contributed by atoms with E-state index in [1.807, 2.05) is 0 Å². The first-order valence-electron chi connectivity index (χ1n) is 8.46. The molecule has 2 aromatic carbocycles. The first-order chi connectivity index (χ1) is 14.0. The van der Waals surface area contributed by atoms with Gasteiger partial charge in [0.1, 0.15) is 17.5 Å². The second kappa shape index (κ2) is 7.36. The van der Waals surface area contributed by atoms with Crippen LogP contribution in [0.1, 0.15) is 22.0 Å². The zero-order valence-electron chi connectivity index (χ0n) is 15.0. The van der Waals surface area contributed by atoms with Gasteiger partial charge in [0.15, 0.2) is 5.78 Å². The summed E-state index contributed by atoms with van der Waals surface area (Å²) in [5, 5.41) is 24.6. The van der Waals surface area contributed by atoms with Gasteiger partial charge in [-0.05, 0) is 52.4 Å². The number of hydrogen-bond donors (Lipinski definition) is 2. The number of nitrogens with one attached hydrogen (secondary N) is 1.